The van der Waals surface area contributed by atoms with Gasteiger partial charge in [-0.3, -0.25) is 0 Å². The highest BCUT2D eigenvalue weighted by atomic mass is 16.5. The van der Waals surface area contributed by atoms with E-state index in [1.165, 1.54) is 12.8 Å². The van der Waals surface area contributed by atoms with Crippen molar-refractivity contribution in [2.75, 3.05) is 25.6 Å². The van der Waals surface area contributed by atoms with Gasteiger partial charge in [0.25, 0.3) is 0 Å². The maximum atomic E-state index is 5.85. The lowest BCUT2D eigenvalue weighted by molar-refractivity contribution is 0.414. The van der Waals surface area contributed by atoms with E-state index in [9.17, 15) is 0 Å². The number of anilines is 1. The third kappa shape index (κ3) is 3.93. The number of unbranched alkanes of at least 4 members (excludes halogenated alkanes) is 1. The summed E-state index contributed by atoms with van der Waals surface area (Å²) in [5.41, 5.74) is 7.01. The highest BCUT2D eigenvalue weighted by Crippen LogP contribution is 2.22. The van der Waals surface area contributed by atoms with Gasteiger partial charge in [0.2, 0.25) is 0 Å². The van der Waals surface area contributed by atoms with Crippen LogP contribution in [0.5, 0.6) is 5.75 Å². The summed E-state index contributed by atoms with van der Waals surface area (Å²) in [6.45, 7) is 2.90. The number of nitrogens with zero attached hydrogens (tertiary/aromatic N) is 1. The molecule has 3 nitrogen and oxygen atoms in total. The van der Waals surface area contributed by atoms with Crippen LogP contribution in [0.1, 0.15) is 26.2 Å². The Morgan fingerprint density at radius 1 is 1.41 bits per heavy atom. The molecule has 1 aromatic rings. The Morgan fingerprint density at radius 3 is 2.76 bits per heavy atom. The summed E-state index contributed by atoms with van der Waals surface area (Å²) in [6, 6.07) is 8.52. The third-order valence-corrected chi connectivity index (χ3v) is 3.17. The molecule has 1 aromatic carbocycles. The van der Waals surface area contributed by atoms with E-state index in [0.717, 1.165) is 17.9 Å². The number of methoxy groups -OCH3 is 1. The molecular weight excluding hydrogens is 212 g/mol. The Morgan fingerprint density at radius 2 is 2.18 bits per heavy atom. The third-order valence-electron chi connectivity index (χ3n) is 3.17. The van der Waals surface area contributed by atoms with E-state index in [2.05, 4.69) is 31.0 Å². The summed E-state index contributed by atoms with van der Waals surface area (Å²) < 4.78 is 5.24. The first-order chi connectivity index (χ1) is 8.22. The molecule has 0 aromatic heterocycles. The molecule has 1 atom stereocenters. The summed E-state index contributed by atoms with van der Waals surface area (Å²) in [5, 5.41) is 0. The van der Waals surface area contributed by atoms with Crippen LogP contribution in [0.25, 0.3) is 0 Å². The summed E-state index contributed by atoms with van der Waals surface area (Å²) in [5.74, 6) is 0.889. The normalized spacial score (nSPS) is 12.2. The molecule has 0 heterocycles. The van der Waals surface area contributed by atoms with Crippen LogP contribution in [0.3, 0.4) is 0 Å². The van der Waals surface area contributed by atoms with Gasteiger partial charge in [0.1, 0.15) is 5.75 Å². The fourth-order valence-corrected chi connectivity index (χ4v) is 1.95. The molecular formula is C14H24N2O. The molecule has 0 radical (unpaired) electrons. The predicted octanol–water partition coefficient (Wildman–Crippen LogP) is 2.65. The molecule has 0 aliphatic rings. The predicted molar refractivity (Wildman–Crippen MR) is 73.8 cm³/mol. The van der Waals surface area contributed by atoms with Crippen molar-refractivity contribution >= 4 is 5.69 Å². The van der Waals surface area contributed by atoms with Crippen molar-refractivity contribution in [3.05, 3.63) is 24.3 Å². The van der Waals surface area contributed by atoms with E-state index >= 15 is 0 Å². The fraction of sp³-hybridized carbons (Fsp3) is 0.571. The topological polar surface area (TPSA) is 38.5 Å². The Bertz CT molecular complexity index is 328. The lowest BCUT2D eigenvalue weighted by Gasteiger charge is -2.29. The number of benzene rings is 1. The molecule has 0 aliphatic carbocycles. The van der Waals surface area contributed by atoms with E-state index < -0.39 is 0 Å². The van der Waals surface area contributed by atoms with Crippen LogP contribution in [0, 0.1) is 0 Å². The molecule has 0 amide bonds. The maximum Gasteiger partial charge on any atom is 0.120 e. The molecule has 17 heavy (non-hydrogen) atoms. The Balaban J connectivity index is 2.74. The van der Waals surface area contributed by atoms with Crippen molar-refractivity contribution in [2.24, 2.45) is 5.73 Å². The molecule has 1 rings (SSSR count). The highest BCUT2D eigenvalue weighted by Gasteiger charge is 2.13. The van der Waals surface area contributed by atoms with Crippen molar-refractivity contribution in [3.63, 3.8) is 0 Å². The van der Waals surface area contributed by atoms with Crippen LogP contribution < -0.4 is 15.4 Å². The average molecular weight is 236 g/mol. The van der Waals surface area contributed by atoms with Crippen molar-refractivity contribution in [1.29, 1.82) is 0 Å². The van der Waals surface area contributed by atoms with Gasteiger partial charge in [-0.05, 0) is 18.6 Å². The minimum Gasteiger partial charge on any atom is -0.497 e. The molecule has 0 saturated heterocycles. The summed E-state index contributed by atoms with van der Waals surface area (Å²) >= 11 is 0. The molecule has 0 spiro atoms. The number of likely N-dealkylation sites (N-methyl/N-ethyl adjacent to an activating group) is 1. The molecule has 0 fully saturated rings. The van der Waals surface area contributed by atoms with Crippen molar-refractivity contribution in [3.8, 4) is 5.75 Å². The molecule has 1 unspecified atom stereocenters. The van der Waals surface area contributed by atoms with Crippen LogP contribution in [0.15, 0.2) is 24.3 Å². The second-order valence-corrected chi connectivity index (χ2v) is 4.34. The first-order valence-corrected chi connectivity index (χ1v) is 6.29. The van der Waals surface area contributed by atoms with Crippen LogP contribution in [-0.2, 0) is 0 Å². The van der Waals surface area contributed by atoms with Crippen LogP contribution in [0.4, 0.5) is 5.69 Å². The Kier molecular flexibility index (Phi) is 5.84. The molecule has 0 aliphatic heterocycles. The van der Waals surface area contributed by atoms with Gasteiger partial charge in [-0.2, -0.15) is 0 Å². The number of nitrogens with two attached hydrogens (primary N) is 1. The molecule has 2 N–H and O–H groups in total. The zero-order valence-corrected chi connectivity index (χ0v) is 11.1. The Hall–Kier alpha value is -1.22. The van der Waals surface area contributed by atoms with Crippen molar-refractivity contribution < 1.29 is 4.74 Å². The first-order valence-electron chi connectivity index (χ1n) is 6.29. The fourth-order valence-electron chi connectivity index (χ4n) is 1.95. The lowest BCUT2D eigenvalue weighted by Crippen LogP contribution is -2.37. The number of rotatable bonds is 7. The van der Waals surface area contributed by atoms with Gasteiger partial charge in [-0.1, -0.05) is 25.8 Å². The van der Waals surface area contributed by atoms with E-state index in [1.807, 2.05) is 12.1 Å². The van der Waals surface area contributed by atoms with Gasteiger partial charge in [0, 0.05) is 31.4 Å². The minimum atomic E-state index is 0.405. The summed E-state index contributed by atoms with van der Waals surface area (Å²) in [7, 11) is 3.79. The van der Waals surface area contributed by atoms with E-state index in [0.29, 0.717) is 12.6 Å². The SMILES string of the molecule is CCCCC(CN)N(C)c1cccc(OC)c1. The zero-order valence-electron chi connectivity index (χ0n) is 11.1. The number of ether oxygens (including phenoxy) is 1. The average Bonchev–Trinajstić information content (AvgIpc) is 2.39. The zero-order chi connectivity index (χ0) is 12.7. The number of hydrogen-bond donors (Lipinski definition) is 1. The van der Waals surface area contributed by atoms with E-state index in [1.54, 1.807) is 7.11 Å². The monoisotopic (exact) mass is 236 g/mol. The Labute approximate surface area is 105 Å². The minimum absolute atomic E-state index is 0.405. The second kappa shape index (κ2) is 7.17. The van der Waals surface area contributed by atoms with Crippen LogP contribution >= 0.6 is 0 Å². The number of hydrogen-bond acceptors (Lipinski definition) is 3. The molecule has 0 saturated carbocycles. The standard InChI is InChI=1S/C14H24N2O/c1-4-5-7-13(11-15)16(2)12-8-6-9-14(10-12)17-3/h6,8-10,13H,4-5,7,11,15H2,1-3H3. The quantitative estimate of drug-likeness (QED) is 0.791. The summed E-state index contributed by atoms with van der Waals surface area (Å²) in [6.07, 6.45) is 3.57. The molecule has 96 valence electrons. The summed E-state index contributed by atoms with van der Waals surface area (Å²) in [4.78, 5) is 2.25. The van der Waals surface area contributed by atoms with Gasteiger partial charge < -0.3 is 15.4 Å². The van der Waals surface area contributed by atoms with Gasteiger partial charge in [-0.15, -0.1) is 0 Å². The van der Waals surface area contributed by atoms with Gasteiger partial charge in [0.05, 0.1) is 7.11 Å². The van der Waals surface area contributed by atoms with Crippen molar-refractivity contribution in [1.82, 2.24) is 0 Å². The van der Waals surface area contributed by atoms with Crippen LogP contribution in [0.2, 0.25) is 0 Å². The lowest BCUT2D eigenvalue weighted by atomic mass is 10.1. The highest BCUT2D eigenvalue weighted by molar-refractivity contribution is 5.50. The van der Waals surface area contributed by atoms with Gasteiger partial charge in [-0.25, -0.2) is 0 Å². The van der Waals surface area contributed by atoms with E-state index in [4.69, 9.17) is 10.5 Å². The van der Waals surface area contributed by atoms with Gasteiger partial charge in [0.15, 0.2) is 0 Å². The largest absolute Gasteiger partial charge is 0.497 e. The van der Waals surface area contributed by atoms with Gasteiger partial charge >= 0.3 is 0 Å². The molecule has 3 heteroatoms. The van der Waals surface area contributed by atoms with Crippen molar-refractivity contribution in [2.45, 2.75) is 32.2 Å². The maximum absolute atomic E-state index is 5.85. The van der Waals surface area contributed by atoms with Crippen LogP contribution in [-0.4, -0.2) is 26.7 Å². The first kappa shape index (κ1) is 13.8. The van der Waals surface area contributed by atoms with E-state index in [-0.39, 0.29) is 0 Å². The second-order valence-electron chi connectivity index (χ2n) is 4.34. The smallest absolute Gasteiger partial charge is 0.120 e. The molecule has 0 bridgehead atoms.